The van der Waals surface area contributed by atoms with Crippen LogP contribution in [0.4, 0.5) is 17.6 Å². The van der Waals surface area contributed by atoms with Crippen LogP contribution in [0, 0.1) is 0 Å². The van der Waals surface area contributed by atoms with Crippen LogP contribution in [0.3, 0.4) is 0 Å². The number of benzene rings is 2. The fourth-order valence-corrected chi connectivity index (χ4v) is 2.54. The number of fused-ring (bicyclic) bond motifs is 1. The predicted molar refractivity (Wildman–Crippen MR) is 91.8 cm³/mol. The summed E-state index contributed by atoms with van der Waals surface area (Å²) in [5, 5.41) is 0.212. The molecule has 2 amide bonds. The molecule has 2 aromatic rings. The van der Waals surface area contributed by atoms with E-state index in [4.69, 9.17) is 9.57 Å². The zero-order valence-corrected chi connectivity index (χ0v) is 15.2. The van der Waals surface area contributed by atoms with Crippen LogP contribution in [0.1, 0.15) is 31.1 Å². The predicted octanol–water partition coefficient (Wildman–Crippen LogP) is 3.34. The van der Waals surface area contributed by atoms with E-state index in [1.807, 2.05) is 0 Å². The van der Waals surface area contributed by atoms with Crippen molar-refractivity contribution in [3.63, 3.8) is 0 Å². The standard InChI is InChI=1S/C19H13F4NO6/c1-28-10-6-7-14(29-9-19(22,23)18(20)21)13(8-10)17(27)30-24-15(25)11-4-2-3-5-12(11)16(24)26/h2-8,18H,9H2,1H3. The smallest absolute Gasteiger partial charge is 0.367 e. The zero-order valence-electron chi connectivity index (χ0n) is 15.2. The average molecular weight is 427 g/mol. The maximum atomic E-state index is 13.2. The van der Waals surface area contributed by atoms with Crippen LogP contribution < -0.4 is 9.47 Å². The average Bonchev–Trinajstić information content (AvgIpc) is 2.97. The number of hydroxylamine groups is 2. The molecule has 1 aliphatic rings. The van der Waals surface area contributed by atoms with Crippen molar-refractivity contribution in [2.75, 3.05) is 13.7 Å². The van der Waals surface area contributed by atoms with Crippen LogP contribution in [-0.4, -0.2) is 48.9 Å². The molecule has 158 valence electrons. The first-order valence-electron chi connectivity index (χ1n) is 8.32. The third-order valence-electron chi connectivity index (χ3n) is 4.08. The second-order valence-electron chi connectivity index (χ2n) is 6.04. The molecular weight excluding hydrogens is 414 g/mol. The Morgan fingerprint density at radius 3 is 2.20 bits per heavy atom. The van der Waals surface area contributed by atoms with Gasteiger partial charge < -0.3 is 14.3 Å². The lowest BCUT2D eigenvalue weighted by atomic mass is 10.1. The van der Waals surface area contributed by atoms with Gasteiger partial charge >= 0.3 is 18.3 Å². The Balaban J connectivity index is 1.85. The fraction of sp³-hybridized carbons (Fsp3) is 0.211. The number of halogens is 4. The summed E-state index contributed by atoms with van der Waals surface area (Å²) in [5.41, 5.74) is -0.501. The molecule has 1 heterocycles. The Bertz CT molecular complexity index is 975. The van der Waals surface area contributed by atoms with Crippen molar-refractivity contribution in [1.82, 2.24) is 5.06 Å². The van der Waals surface area contributed by atoms with Crippen LogP contribution >= 0.6 is 0 Å². The summed E-state index contributed by atoms with van der Waals surface area (Å²) in [4.78, 5) is 42.0. The van der Waals surface area contributed by atoms with Gasteiger partial charge in [0.2, 0.25) is 0 Å². The van der Waals surface area contributed by atoms with Crippen LogP contribution in [0.25, 0.3) is 0 Å². The summed E-state index contributed by atoms with van der Waals surface area (Å²) < 4.78 is 60.7. The number of methoxy groups -OCH3 is 1. The van der Waals surface area contributed by atoms with E-state index in [9.17, 15) is 31.9 Å². The second kappa shape index (κ2) is 8.01. The molecule has 0 saturated carbocycles. The van der Waals surface area contributed by atoms with Crippen molar-refractivity contribution in [2.45, 2.75) is 12.3 Å². The van der Waals surface area contributed by atoms with Gasteiger partial charge in [-0.05, 0) is 30.3 Å². The third-order valence-corrected chi connectivity index (χ3v) is 4.08. The Morgan fingerprint density at radius 2 is 1.67 bits per heavy atom. The second-order valence-corrected chi connectivity index (χ2v) is 6.04. The van der Waals surface area contributed by atoms with E-state index in [-0.39, 0.29) is 21.9 Å². The number of alkyl halides is 4. The minimum absolute atomic E-state index is 0.00833. The molecule has 0 fully saturated rings. The monoisotopic (exact) mass is 427 g/mol. The van der Waals surface area contributed by atoms with Crippen molar-refractivity contribution in [1.29, 1.82) is 0 Å². The van der Waals surface area contributed by atoms with Gasteiger partial charge in [0.15, 0.2) is 6.61 Å². The Kier molecular flexibility index (Phi) is 5.63. The number of rotatable bonds is 7. The van der Waals surface area contributed by atoms with E-state index in [0.717, 1.165) is 12.1 Å². The quantitative estimate of drug-likeness (QED) is 0.498. The van der Waals surface area contributed by atoms with Gasteiger partial charge in [0.05, 0.1) is 18.2 Å². The van der Waals surface area contributed by atoms with Crippen molar-refractivity contribution in [2.24, 2.45) is 0 Å². The van der Waals surface area contributed by atoms with Gasteiger partial charge in [-0.2, -0.15) is 8.78 Å². The highest BCUT2D eigenvalue weighted by Crippen LogP contribution is 2.30. The lowest BCUT2D eigenvalue weighted by Crippen LogP contribution is -2.34. The number of nitrogens with zero attached hydrogens (tertiary/aromatic N) is 1. The molecule has 0 saturated heterocycles. The van der Waals surface area contributed by atoms with E-state index >= 15 is 0 Å². The number of hydrogen-bond donors (Lipinski definition) is 0. The van der Waals surface area contributed by atoms with Gasteiger partial charge in [-0.15, -0.1) is 0 Å². The number of imide groups is 1. The number of ether oxygens (including phenoxy) is 2. The number of amides is 2. The van der Waals surface area contributed by atoms with Gasteiger partial charge in [0, 0.05) is 0 Å². The maximum absolute atomic E-state index is 13.2. The van der Waals surface area contributed by atoms with Crippen LogP contribution in [0.15, 0.2) is 42.5 Å². The molecule has 0 atom stereocenters. The topological polar surface area (TPSA) is 82.1 Å². The molecule has 0 radical (unpaired) electrons. The Labute approximate surface area is 166 Å². The minimum atomic E-state index is -4.47. The van der Waals surface area contributed by atoms with Gasteiger partial charge in [-0.3, -0.25) is 9.59 Å². The SMILES string of the molecule is COc1ccc(OCC(F)(F)C(F)F)c(C(=O)ON2C(=O)c3ccccc3C2=O)c1. The van der Waals surface area contributed by atoms with Crippen LogP contribution in [0.5, 0.6) is 11.5 Å². The van der Waals surface area contributed by atoms with Crippen molar-refractivity contribution in [3.05, 3.63) is 59.2 Å². The van der Waals surface area contributed by atoms with Gasteiger partial charge in [-0.1, -0.05) is 17.2 Å². The Morgan fingerprint density at radius 1 is 1.07 bits per heavy atom. The summed E-state index contributed by atoms with van der Waals surface area (Å²) in [6.45, 7) is -1.72. The number of hydrogen-bond acceptors (Lipinski definition) is 6. The normalized spacial score (nSPS) is 13.5. The van der Waals surface area contributed by atoms with Gasteiger partial charge in [0.25, 0.3) is 11.8 Å². The molecule has 30 heavy (non-hydrogen) atoms. The van der Waals surface area contributed by atoms with E-state index < -0.39 is 48.1 Å². The van der Waals surface area contributed by atoms with Crippen molar-refractivity contribution >= 4 is 17.8 Å². The molecule has 0 N–H and O–H groups in total. The van der Waals surface area contributed by atoms with Crippen LogP contribution in [0.2, 0.25) is 0 Å². The van der Waals surface area contributed by atoms with Crippen LogP contribution in [-0.2, 0) is 4.84 Å². The first-order valence-corrected chi connectivity index (χ1v) is 8.32. The molecule has 1 aliphatic heterocycles. The molecule has 11 heteroatoms. The lowest BCUT2D eigenvalue weighted by Gasteiger charge is -2.18. The summed E-state index contributed by atoms with van der Waals surface area (Å²) in [5.74, 6) is -8.05. The summed E-state index contributed by atoms with van der Waals surface area (Å²) >= 11 is 0. The third kappa shape index (κ3) is 3.91. The van der Waals surface area contributed by atoms with Gasteiger partial charge in [0.1, 0.15) is 17.1 Å². The highest BCUT2D eigenvalue weighted by molar-refractivity contribution is 6.21. The van der Waals surface area contributed by atoms with Gasteiger partial charge in [-0.25, -0.2) is 13.6 Å². The summed E-state index contributed by atoms with van der Waals surface area (Å²) in [6, 6.07) is 9.01. The maximum Gasteiger partial charge on any atom is 0.367 e. The molecule has 3 rings (SSSR count). The van der Waals surface area contributed by atoms with Crippen molar-refractivity contribution < 1.29 is 46.3 Å². The minimum Gasteiger partial charge on any atom is -0.497 e. The van der Waals surface area contributed by atoms with E-state index in [2.05, 4.69) is 4.74 Å². The number of carbonyl (C=O) groups is 3. The van der Waals surface area contributed by atoms with E-state index in [1.54, 1.807) is 0 Å². The van der Waals surface area contributed by atoms with E-state index in [0.29, 0.717) is 0 Å². The highest BCUT2D eigenvalue weighted by Gasteiger charge is 2.42. The molecule has 0 aromatic heterocycles. The zero-order chi connectivity index (χ0) is 22.1. The molecule has 0 spiro atoms. The van der Waals surface area contributed by atoms with Crippen molar-refractivity contribution in [3.8, 4) is 11.5 Å². The lowest BCUT2D eigenvalue weighted by molar-refractivity contribution is -0.148. The molecule has 7 nitrogen and oxygen atoms in total. The molecule has 0 bridgehead atoms. The molecule has 0 unspecified atom stereocenters. The number of carbonyl (C=O) groups excluding carboxylic acids is 3. The van der Waals surface area contributed by atoms with E-state index in [1.165, 1.54) is 37.4 Å². The molecule has 2 aromatic carbocycles. The highest BCUT2D eigenvalue weighted by atomic mass is 19.3. The summed E-state index contributed by atoms with van der Waals surface area (Å²) in [6.07, 6.45) is -3.98. The molecule has 0 aliphatic carbocycles. The first-order chi connectivity index (χ1) is 14.2. The Hall–Kier alpha value is -3.63. The largest absolute Gasteiger partial charge is 0.497 e. The summed E-state index contributed by atoms with van der Waals surface area (Å²) in [7, 11) is 1.25. The molecular formula is C19H13F4NO6. The first kappa shape index (κ1) is 21.1. The fourth-order valence-electron chi connectivity index (χ4n) is 2.54.